The number of halogens is 2. The van der Waals surface area contributed by atoms with Gasteiger partial charge in [0.2, 0.25) is 5.69 Å². The molecule has 1 heterocycles. The minimum Gasteiger partial charge on any atom is -0.491 e. The molecule has 0 unspecified atom stereocenters. The largest absolute Gasteiger partial charge is 0.491 e. The number of ether oxygens (including phenoxy) is 2. The van der Waals surface area contributed by atoms with E-state index in [-0.39, 0.29) is 17.2 Å². The number of amides is 1. The number of aromatic nitrogens is 2. The molecule has 1 amide bonds. The summed E-state index contributed by atoms with van der Waals surface area (Å²) in [7, 11) is 2.41. The molecule has 1 aromatic heterocycles. The van der Waals surface area contributed by atoms with Crippen LogP contribution in [-0.2, 0) is 4.84 Å². The summed E-state index contributed by atoms with van der Waals surface area (Å²) < 4.78 is 35.4. The van der Waals surface area contributed by atoms with Gasteiger partial charge in [0.25, 0.3) is 11.3 Å². The fraction of sp³-hybridized carbons (Fsp3) is 0.214. The number of nitrogens with one attached hydrogen (secondary N) is 1. The van der Waals surface area contributed by atoms with Crippen LogP contribution in [0.1, 0.15) is 10.5 Å². The van der Waals surface area contributed by atoms with Gasteiger partial charge in [0.1, 0.15) is 5.69 Å². The van der Waals surface area contributed by atoms with Gasteiger partial charge in [-0.1, -0.05) is 12.1 Å². The van der Waals surface area contributed by atoms with Crippen LogP contribution < -0.4 is 20.4 Å². The lowest BCUT2D eigenvalue weighted by Crippen LogP contribution is -2.31. The van der Waals surface area contributed by atoms with Gasteiger partial charge in [0.05, 0.1) is 20.4 Å². The number of carbonyl (C=O) groups excluding carboxylic acids is 1. The Morgan fingerprint density at radius 1 is 1.25 bits per heavy atom. The van der Waals surface area contributed by atoms with Gasteiger partial charge in [-0.2, -0.15) is 13.9 Å². The summed E-state index contributed by atoms with van der Waals surface area (Å²) in [6.45, 7) is -3.05. The summed E-state index contributed by atoms with van der Waals surface area (Å²) in [5.74, 6) is -1.32. The Labute approximate surface area is 134 Å². The number of carbonyl (C=O) groups is 1. The third kappa shape index (κ3) is 3.66. The molecule has 2 rings (SSSR count). The third-order valence-corrected chi connectivity index (χ3v) is 2.84. The van der Waals surface area contributed by atoms with E-state index in [0.29, 0.717) is 0 Å². The summed E-state index contributed by atoms with van der Waals surface area (Å²) in [6, 6.07) is 5.75. The van der Waals surface area contributed by atoms with Gasteiger partial charge in [0.15, 0.2) is 11.5 Å². The molecule has 24 heavy (non-hydrogen) atoms. The lowest BCUT2D eigenvalue weighted by Gasteiger charge is -2.14. The standard InChI is InChI=1S/C14H13F2N3O5/c1-22-10-7-19(17-11(12(10)20)13(21)18-23-2)8-5-3-4-6-9(8)24-14(15)16/h3-7,14H,1-2H3,(H,18,21). The van der Waals surface area contributed by atoms with E-state index < -0.39 is 23.6 Å². The van der Waals surface area contributed by atoms with Gasteiger partial charge in [-0.15, -0.1) is 0 Å². The summed E-state index contributed by atoms with van der Waals surface area (Å²) in [4.78, 5) is 28.4. The Hall–Kier alpha value is -3.01. The molecule has 0 fully saturated rings. The van der Waals surface area contributed by atoms with Crippen molar-refractivity contribution in [3.05, 3.63) is 46.4 Å². The zero-order chi connectivity index (χ0) is 17.7. The number of hydroxylamine groups is 1. The average molecular weight is 341 g/mol. The van der Waals surface area contributed by atoms with E-state index >= 15 is 0 Å². The first-order valence-corrected chi connectivity index (χ1v) is 6.53. The minimum absolute atomic E-state index is 0.0857. The second-order valence-electron chi connectivity index (χ2n) is 4.30. The van der Waals surface area contributed by atoms with Gasteiger partial charge in [-0.3, -0.25) is 14.4 Å². The van der Waals surface area contributed by atoms with E-state index in [1.54, 1.807) is 6.07 Å². The molecule has 128 valence electrons. The Bertz CT molecular complexity index is 794. The number of nitrogens with zero attached hydrogens (tertiary/aromatic N) is 2. The van der Waals surface area contributed by atoms with Crippen molar-refractivity contribution in [1.82, 2.24) is 15.3 Å². The molecule has 2 aromatic rings. The molecule has 0 radical (unpaired) electrons. The van der Waals surface area contributed by atoms with Crippen molar-refractivity contribution in [3.8, 4) is 17.2 Å². The van der Waals surface area contributed by atoms with Crippen LogP contribution in [0.2, 0.25) is 0 Å². The second kappa shape index (κ2) is 7.51. The Morgan fingerprint density at radius 2 is 1.96 bits per heavy atom. The highest BCUT2D eigenvalue weighted by Gasteiger charge is 2.19. The van der Waals surface area contributed by atoms with E-state index in [4.69, 9.17) is 4.74 Å². The molecule has 0 saturated carbocycles. The van der Waals surface area contributed by atoms with Crippen LogP contribution in [-0.4, -0.2) is 36.5 Å². The fourth-order valence-electron chi connectivity index (χ4n) is 1.87. The highest BCUT2D eigenvalue weighted by molar-refractivity contribution is 5.91. The molecule has 8 nitrogen and oxygen atoms in total. The molecule has 0 spiro atoms. The van der Waals surface area contributed by atoms with Crippen molar-refractivity contribution in [3.63, 3.8) is 0 Å². The first-order valence-electron chi connectivity index (χ1n) is 6.53. The maximum absolute atomic E-state index is 12.5. The normalized spacial score (nSPS) is 10.5. The number of benzene rings is 1. The monoisotopic (exact) mass is 341 g/mol. The molecule has 0 aliphatic rings. The number of hydrogen-bond donors (Lipinski definition) is 1. The third-order valence-electron chi connectivity index (χ3n) is 2.84. The molecule has 0 atom stereocenters. The van der Waals surface area contributed by atoms with Gasteiger partial charge < -0.3 is 9.47 Å². The molecular formula is C14H13F2N3O5. The van der Waals surface area contributed by atoms with Crippen molar-refractivity contribution in [2.75, 3.05) is 14.2 Å². The van der Waals surface area contributed by atoms with E-state index in [0.717, 1.165) is 10.9 Å². The molecule has 0 saturated heterocycles. The molecule has 1 aromatic carbocycles. The van der Waals surface area contributed by atoms with E-state index in [1.165, 1.54) is 32.4 Å². The van der Waals surface area contributed by atoms with Crippen LogP contribution in [0.3, 0.4) is 0 Å². The van der Waals surface area contributed by atoms with E-state index in [2.05, 4.69) is 14.7 Å². The van der Waals surface area contributed by atoms with Crippen LogP contribution in [0.25, 0.3) is 5.69 Å². The zero-order valence-electron chi connectivity index (χ0n) is 12.7. The molecule has 10 heteroatoms. The Balaban J connectivity index is 2.61. The van der Waals surface area contributed by atoms with Crippen molar-refractivity contribution < 1.29 is 27.9 Å². The topological polar surface area (TPSA) is 91.7 Å². The van der Waals surface area contributed by atoms with Crippen LogP contribution in [0.15, 0.2) is 35.3 Å². The lowest BCUT2D eigenvalue weighted by molar-refractivity contribution is -0.0499. The lowest BCUT2D eigenvalue weighted by atomic mass is 10.3. The van der Waals surface area contributed by atoms with Gasteiger partial charge in [-0.25, -0.2) is 10.2 Å². The second-order valence-corrected chi connectivity index (χ2v) is 4.30. The molecule has 1 N–H and O–H groups in total. The first kappa shape index (κ1) is 17.3. The van der Waals surface area contributed by atoms with Gasteiger partial charge in [0, 0.05) is 0 Å². The smallest absolute Gasteiger partial charge is 0.387 e. The van der Waals surface area contributed by atoms with Gasteiger partial charge in [-0.05, 0) is 12.1 Å². The number of alkyl halides is 2. The predicted octanol–water partition coefficient (Wildman–Crippen LogP) is 1.13. The summed E-state index contributed by atoms with van der Waals surface area (Å²) in [5, 5.41) is 3.84. The van der Waals surface area contributed by atoms with Crippen LogP contribution in [0.5, 0.6) is 11.5 Å². The molecule has 0 bridgehead atoms. The van der Waals surface area contributed by atoms with Crippen molar-refractivity contribution in [2.45, 2.75) is 6.61 Å². The van der Waals surface area contributed by atoms with Crippen molar-refractivity contribution in [2.24, 2.45) is 0 Å². The van der Waals surface area contributed by atoms with Crippen molar-refractivity contribution >= 4 is 5.91 Å². The Morgan fingerprint density at radius 3 is 2.58 bits per heavy atom. The maximum atomic E-state index is 12.5. The number of rotatable bonds is 6. The summed E-state index contributed by atoms with van der Waals surface area (Å²) in [5.41, 5.74) is 0.723. The SMILES string of the molecule is CONC(=O)c1nn(-c2ccccc2OC(F)F)cc(OC)c1=O. The zero-order valence-corrected chi connectivity index (χ0v) is 12.7. The summed E-state index contributed by atoms with van der Waals surface area (Å²) in [6.07, 6.45) is 1.15. The molecule has 0 aliphatic heterocycles. The van der Waals surface area contributed by atoms with E-state index in [9.17, 15) is 18.4 Å². The summed E-state index contributed by atoms with van der Waals surface area (Å²) >= 11 is 0. The highest BCUT2D eigenvalue weighted by Crippen LogP contribution is 2.24. The quantitative estimate of drug-likeness (QED) is 0.792. The molecule has 0 aliphatic carbocycles. The minimum atomic E-state index is -3.05. The van der Waals surface area contributed by atoms with Crippen LogP contribution in [0, 0.1) is 0 Å². The predicted molar refractivity (Wildman–Crippen MR) is 77.5 cm³/mol. The van der Waals surface area contributed by atoms with Crippen LogP contribution >= 0.6 is 0 Å². The van der Waals surface area contributed by atoms with Crippen LogP contribution in [0.4, 0.5) is 8.78 Å². The highest BCUT2D eigenvalue weighted by atomic mass is 19.3. The van der Waals surface area contributed by atoms with E-state index in [1.807, 2.05) is 5.48 Å². The van der Waals surface area contributed by atoms with Crippen molar-refractivity contribution in [1.29, 1.82) is 0 Å². The average Bonchev–Trinajstić information content (AvgIpc) is 2.55. The first-order chi connectivity index (χ1) is 11.5. The Kier molecular flexibility index (Phi) is 5.42. The fourth-order valence-corrected chi connectivity index (χ4v) is 1.87. The van der Waals surface area contributed by atoms with Gasteiger partial charge >= 0.3 is 6.61 Å². The number of methoxy groups -OCH3 is 1. The molecular weight excluding hydrogens is 328 g/mol. The number of para-hydroxylation sites is 2. The number of hydrogen-bond acceptors (Lipinski definition) is 6. The maximum Gasteiger partial charge on any atom is 0.387 e.